The lowest BCUT2D eigenvalue weighted by Gasteiger charge is -2.18. The van der Waals surface area contributed by atoms with Crippen LogP contribution >= 0.6 is 0 Å². The first-order chi connectivity index (χ1) is 9.72. The molecule has 0 bridgehead atoms. The molecular weight excluding hydrogens is 250 g/mol. The second-order valence-corrected chi connectivity index (χ2v) is 4.44. The zero-order chi connectivity index (χ0) is 14.4. The van der Waals surface area contributed by atoms with Crippen molar-refractivity contribution in [2.75, 3.05) is 23.8 Å². The molecule has 0 spiro atoms. The second kappa shape index (κ2) is 6.53. The molecule has 0 aliphatic carbocycles. The fourth-order valence-corrected chi connectivity index (χ4v) is 1.83. The fraction of sp³-hybridized carbons (Fsp3) is 0.267. The molecule has 0 radical (unpaired) electrons. The third kappa shape index (κ3) is 3.45. The first-order valence-corrected chi connectivity index (χ1v) is 6.49. The maximum Gasteiger partial charge on any atom is 0.144 e. The average molecular weight is 267 g/mol. The molecule has 0 saturated heterocycles. The van der Waals surface area contributed by atoms with Crippen molar-refractivity contribution in [1.29, 1.82) is 5.26 Å². The third-order valence-electron chi connectivity index (χ3n) is 2.90. The quantitative estimate of drug-likeness (QED) is 0.901. The van der Waals surface area contributed by atoms with Crippen molar-refractivity contribution in [1.82, 2.24) is 9.97 Å². The van der Waals surface area contributed by atoms with Crippen molar-refractivity contribution in [3.8, 4) is 6.07 Å². The Morgan fingerprint density at radius 2 is 1.95 bits per heavy atom. The Morgan fingerprint density at radius 1 is 1.20 bits per heavy atom. The predicted octanol–water partition coefficient (Wildman–Crippen LogP) is 2.42. The zero-order valence-electron chi connectivity index (χ0n) is 11.7. The molecule has 5 nitrogen and oxygen atoms in total. The van der Waals surface area contributed by atoms with Crippen molar-refractivity contribution in [2.24, 2.45) is 0 Å². The van der Waals surface area contributed by atoms with Crippen molar-refractivity contribution in [2.45, 2.75) is 13.5 Å². The molecule has 0 aliphatic heterocycles. The molecule has 20 heavy (non-hydrogen) atoms. The molecule has 1 N–H and O–H groups in total. The maximum absolute atomic E-state index is 8.78. The molecule has 0 amide bonds. The van der Waals surface area contributed by atoms with Crippen molar-refractivity contribution in [3.63, 3.8) is 0 Å². The van der Waals surface area contributed by atoms with E-state index in [2.05, 4.69) is 26.3 Å². The summed E-state index contributed by atoms with van der Waals surface area (Å²) in [5.41, 5.74) is 2.61. The number of hydrogen-bond acceptors (Lipinski definition) is 5. The summed E-state index contributed by atoms with van der Waals surface area (Å²) in [5, 5.41) is 11.9. The first-order valence-electron chi connectivity index (χ1n) is 6.49. The highest BCUT2D eigenvalue weighted by Gasteiger charge is 2.04. The lowest BCUT2D eigenvalue weighted by Crippen LogP contribution is -2.17. The van der Waals surface area contributed by atoms with Gasteiger partial charge in [0.1, 0.15) is 5.82 Å². The molecule has 1 aromatic heterocycles. The van der Waals surface area contributed by atoms with Crippen molar-refractivity contribution in [3.05, 3.63) is 47.9 Å². The molecule has 0 aliphatic rings. The Labute approximate surface area is 118 Å². The normalized spacial score (nSPS) is 9.85. The molecular formula is C15H17N5. The molecule has 5 heteroatoms. The Kier molecular flexibility index (Phi) is 4.51. The van der Waals surface area contributed by atoms with E-state index in [1.165, 1.54) is 0 Å². The van der Waals surface area contributed by atoms with Crippen LogP contribution in [0.4, 0.5) is 11.5 Å². The van der Waals surface area contributed by atoms with E-state index in [0.29, 0.717) is 12.1 Å². The molecule has 102 valence electrons. The van der Waals surface area contributed by atoms with Crippen LogP contribution < -0.4 is 10.2 Å². The number of nitrogens with one attached hydrogen (secondary N) is 1. The lowest BCUT2D eigenvalue weighted by molar-refractivity contribution is 0.873. The minimum Gasteiger partial charge on any atom is -0.369 e. The van der Waals surface area contributed by atoms with Gasteiger partial charge >= 0.3 is 0 Å². The van der Waals surface area contributed by atoms with Crippen molar-refractivity contribution < 1.29 is 0 Å². The van der Waals surface area contributed by atoms with Crippen molar-refractivity contribution >= 4 is 11.5 Å². The van der Waals surface area contributed by atoms with E-state index in [1.807, 2.05) is 38.2 Å². The van der Waals surface area contributed by atoms with E-state index in [-0.39, 0.29) is 0 Å². The van der Waals surface area contributed by atoms with Gasteiger partial charge in [0.25, 0.3) is 0 Å². The monoisotopic (exact) mass is 267 g/mol. The number of benzene rings is 1. The number of hydrogen-bond donors (Lipinski definition) is 1. The van der Waals surface area contributed by atoms with Gasteiger partial charge in [0.15, 0.2) is 0 Å². The number of nitrogens with zero attached hydrogens (tertiary/aromatic N) is 4. The van der Waals surface area contributed by atoms with E-state index in [1.54, 1.807) is 12.4 Å². The van der Waals surface area contributed by atoms with E-state index >= 15 is 0 Å². The highest BCUT2D eigenvalue weighted by molar-refractivity contribution is 5.49. The molecule has 0 fully saturated rings. The summed E-state index contributed by atoms with van der Waals surface area (Å²) in [6.07, 6.45) is 3.52. The van der Waals surface area contributed by atoms with Crippen LogP contribution in [-0.4, -0.2) is 23.6 Å². The van der Waals surface area contributed by atoms with Crippen LogP contribution in [0.5, 0.6) is 0 Å². The lowest BCUT2D eigenvalue weighted by atomic mass is 10.2. The standard InChI is InChI=1S/C15H17N5/c1-3-17-15-10-18-13(9-19-15)11-20(2)14-6-4-12(8-16)5-7-14/h4-7,9-10H,3,11H2,1-2H3,(H,17,19). The second-order valence-electron chi connectivity index (χ2n) is 4.44. The summed E-state index contributed by atoms with van der Waals surface area (Å²) in [6, 6.07) is 9.59. The van der Waals surface area contributed by atoms with Crippen LogP contribution in [0.1, 0.15) is 18.2 Å². The van der Waals surface area contributed by atoms with Gasteiger partial charge in [-0.1, -0.05) is 0 Å². The van der Waals surface area contributed by atoms with Crippen LogP contribution in [0, 0.1) is 11.3 Å². The molecule has 2 rings (SSSR count). The highest BCUT2D eigenvalue weighted by atomic mass is 15.1. The summed E-state index contributed by atoms with van der Waals surface area (Å²) in [6.45, 7) is 3.53. The third-order valence-corrected chi connectivity index (χ3v) is 2.90. The van der Waals surface area contributed by atoms with Gasteiger partial charge in [-0.3, -0.25) is 4.98 Å². The average Bonchev–Trinajstić information content (AvgIpc) is 2.49. The summed E-state index contributed by atoms with van der Waals surface area (Å²) >= 11 is 0. The summed E-state index contributed by atoms with van der Waals surface area (Å²) in [4.78, 5) is 10.7. The molecule has 2 aromatic rings. The van der Waals surface area contributed by atoms with Gasteiger partial charge in [0.2, 0.25) is 0 Å². The van der Waals surface area contributed by atoms with Crippen LogP contribution in [0.15, 0.2) is 36.7 Å². The van der Waals surface area contributed by atoms with Gasteiger partial charge in [-0.15, -0.1) is 0 Å². The fourth-order valence-electron chi connectivity index (χ4n) is 1.83. The van der Waals surface area contributed by atoms with E-state index < -0.39 is 0 Å². The molecule has 0 unspecified atom stereocenters. The maximum atomic E-state index is 8.78. The summed E-state index contributed by atoms with van der Waals surface area (Å²) in [7, 11) is 1.99. The van der Waals surface area contributed by atoms with Crippen LogP contribution in [0.3, 0.4) is 0 Å². The smallest absolute Gasteiger partial charge is 0.144 e. The minimum atomic E-state index is 0.664. The number of nitriles is 1. The van der Waals surface area contributed by atoms with E-state index in [4.69, 9.17) is 5.26 Å². The SMILES string of the molecule is CCNc1cnc(CN(C)c2ccc(C#N)cc2)cn1. The Morgan fingerprint density at radius 3 is 2.50 bits per heavy atom. The van der Waals surface area contributed by atoms with Gasteiger partial charge in [-0.2, -0.15) is 5.26 Å². The molecule has 1 heterocycles. The highest BCUT2D eigenvalue weighted by Crippen LogP contribution is 2.15. The first kappa shape index (κ1) is 13.8. The van der Waals surface area contributed by atoms with E-state index in [0.717, 1.165) is 23.7 Å². The van der Waals surface area contributed by atoms with E-state index in [9.17, 15) is 0 Å². The van der Waals surface area contributed by atoms with Gasteiger partial charge in [0.05, 0.1) is 36.3 Å². The number of anilines is 2. The van der Waals surface area contributed by atoms with Gasteiger partial charge in [-0.05, 0) is 31.2 Å². The Hall–Kier alpha value is -2.61. The molecule has 0 atom stereocenters. The number of aromatic nitrogens is 2. The van der Waals surface area contributed by atoms with Gasteiger partial charge in [-0.25, -0.2) is 4.98 Å². The van der Waals surface area contributed by atoms with Gasteiger partial charge < -0.3 is 10.2 Å². The Bertz CT molecular complexity index is 583. The Balaban J connectivity index is 2.02. The zero-order valence-corrected chi connectivity index (χ0v) is 11.7. The molecule has 1 aromatic carbocycles. The summed E-state index contributed by atoms with van der Waals surface area (Å²) in [5.74, 6) is 0.789. The number of rotatable bonds is 5. The summed E-state index contributed by atoms with van der Waals surface area (Å²) < 4.78 is 0. The van der Waals surface area contributed by atoms with Crippen LogP contribution in [-0.2, 0) is 6.54 Å². The largest absolute Gasteiger partial charge is 0.369 e. The topological polar surface area (TPSA) is 64.8 Å². The predicted molar refractivity (Wildman–Crippen MR) is 79.5 cm³/mol. The molecule has 0 saturated carbocycles. The minimum absolute atomic E-state index is 0.664. The van der Waals surface area contributed by atoms with Gasteiger partial charge in [0, 0.05) is 19.3 Å². The van der Waals surface area contributed by atoms with Crippen LogP contribution in [0.25, 0.3) is 0 Å². The van der Waals surface area contributed by atoms with Crippen LogP contribution in [0.2, 0.25) is 0 Å².